The molecule has 4 heteroatoms. The summed E-state index contributed by atoms with van der Waals surface area (Å²) >= 11 is 0. The van der Waals surface area contributed by atoms with Gasteiger partial charge in [-0.25, -0.2) is 4.98 Å². The molecule has 2 rings (SSSR count). The molecule has 0 radical (unpaired) electrons. The third-order valence-electron chi connectivity index (χ3n) is 3.95. The van der Waals surface area contributed by atoms with Gasteiger partial charge in [-0.1, -0.05) is 13.0 Å². The van der Waals surface area contributed by atoms with Crippen LogP contribution in [0.15, 0.2) is 18.3 Å². The summed E-state index contributed by atoms with van der Waals surface area (Å²) in [6.45, 7) is 5.50. The maximum Gasteiger partial charge on any atom is 0.133 e. The van der Waals surface area contributed by atoms with Crippen LogP contribution in [-0.4, -0.2) is 35.8 Å². The molecule has 112 valence electrons. The van der Waals surface area contributed by atoms with Crippen molar-refractivity contribution in [2.45, 2.75) is 51.6 Å². The van der Waals surface area contributed by atoms with Crippen molar-refractivity contribution in [2.24, 2.45) is 0 Å². The second-order valence-electron chi connectivity index (χ2n) is 5.52. The Morgan fingerprint density at radius 3 is 3.20 bits per heavy atom. The van der Waals surface area contributed by atoms with Gasteiger partial charge in [0.25, 0.3) is 0 Å². The molecule has 1 fully saturated rings. The molecule has 1 aromatic heterocycles. The van der Waals surface area contributed by atoms with Gasteiger partial charge in [0.15, 0.2) is 0 Å². The van der Waals surface area contributed by atoms with Crippen molar-refractivity contribution in [1.29, 1.82) is 0 Å². The maximum absolute atomic E-state index is 9.04. The summed E-state index contributed by atoms with van der Waals surface area (Å²) in [4.78, 5) is 7.06. The minimum absolute atomic E-state index is 0.289. The van der Waals surface area contributed by atoms with E-state index in [4.69, 9.17) is 5.11 Å². The fourth-order valence-corrected chi connectivity index (χ4v) is 2.97. The first-order valence-corrected chi connectivity index (χ1v) is 7.89. The van der Waals surface area contributed by atoms with E-state index in [1.165, 1.54) is 18.4 Å². The second-order valence-corrected chi connectivity index (χ2v) is 5.52. The Hall–Kier alpha value is -1.13. The van der Waals surface area contributed by atoms with Crippen LogP contribution >= 0.6 is 0 Å². The van der Waals surface area contributed by atoms with Gasteiger partial charge in [0, 0.05) is 37.5 Å². The number of aliphatic hydroxyl groups excluding tert-OH is 1. The summed E-state index contributed by atoms with van der Waals surface area (Å²) in [5, 5.41) is 12.5. The van der Waals surface area contributed by atoms with E-state index in [0.717, 1.165) is 44.7 Å². The smallest absolute Gasteiger partial charge is 0.133 e. The lowest BCUT2D eigenvalue weighted by Crippen LogP contribution is -2.31. The molecule has 0 saturated carbocycles. The van der Waals surface area contributed by atoms with Crippen molar-refractivity contribution in [3.8, 4) is 0 Å². The van der Waals surface area contributed by atoms with Gasteiger partial charge in [-0.05, 0) is 44.7 Å². The first kappa shape index (κ1) is 15.3. The Bertz CT molecular complexity index is 397. The molecule has 1 aliphatic heterocycles. The molecule has 1 aromatic rings. The third-order valence-corrected chi connectivity index (χ3v) is 3.95. The molecule has 1 aliphatic rings. The molecule has 0 aromatic carbocycles. The second kappa shape index (κ2) is 8.22. The zero-order valence-corrected chi connectivity index (χ0v) is 12.5. The van der Waals surface area contributed by atoms with E-state index in [9.17, 15) is 0 Å². The summed E-state index contributed by atoms with van der Waals surface area (Å²) in [6, 6.07) is 4.74. The molecule has 0 amide bonds. The van der Waals surface area contributed by atoms with E-state index >= 15 is 0 Å². The normalized spacial score (nSPS) is 18.7. The van der Waals surface area contributed by atoms with Crippen LogP contribution in [0.1, 0.15) is 44.6 Å². The molecular formula is C16H27N3O. The molecule has 1 saturated heterocycles. The van der Waals surface area contributed by atoms with Gasteiger partial charge in [-0.15, -0.1) is 0 Å². The van der Waals surface area contributed by atoms with E-state index < -0.39 is 0 Å². The summed E-state index contributed by atoms with van der Waals surface area (Å²) in [5.41, 5.74) is 1.29. The SMILES string of the molecule is CCCNCc1cccnc1N1CCCC1CCCO. The first-order chi connectivity index (χ1) is 9.86. The highest BCUT2D eigenvalue weighted by atomic mass is 16.2. The maximum atomic E-state index is 9.04. The Labute approximate surface area is 122 Å². The average Bonchev–Trinajstić information content (AvgIpc) is 2.94. The largest absolute Gasteiger partial charge is 0.396 e. The van der Waals surface area contributed by atoms with Gasteiger partial charge in [0.2, 0.25) is 0 Å². The van der Waals surface area contributed by atoms with Crippen LogP contribution < -0.4 is 10.2 Å². The minimum Gasteiger partial charge on any atom is -0.396 e. The molecular weight excluding hydrogens is 250 g/mol. The van der Waals surface area contributed by atoms with Crippen LogP contribution in [0, 0.1) is 0 Å². The quantitative estimate of drug-likeness (QED) is 0.716. The van der Waals surface area contributed by atoms with Crippen LogP contribution in [0.25, 0.3) is 0 Å². The monoisotopic (exact) mass is 277 g/mol. The van der Waals surface area contributed by atoms with Crippen molar-refractivity contribution in [1.82, 2.24) is 10.3 Å². The number of aromatic nitrogens is 1. The van der Waals surface area contributed by atoms with Gasteiger partial charge in [0.1, 0.15) is 5.82 Å². The molecule has 4 nitrogen and oxygen atoms in total. The first-order valence-electron chi connectivity index (χ1n) is 7.89. The fourth-order valence-electron chi connectivity index (χ4n) is 2.97. The number of anilines is 1. The predicted octanol–water partition coefficient (Wildman–Crippen LogP) is 2.32. The molecule has 1 unspecified atom stereocenters. The van der Waals surface area contributed by atoms with Crippen LogP contribution in [0.4, 0.5) is 5.82 Å². The molecule has 1 atom stereocenters. The summed E-state index contributed by atoms with van der Waals surface area (Å²) < 4.78 is 0. The number of aliphatic hydroxyl groups is 1. The van der Waals surface area contributed by atoms with Gasteiger partial charge < -0.3 is 15.3 Å². The minimum atomic E-state index is 0.289. The lowest BCUT2D eigenvalue weighted by Gasteiger charge is -2.27. The number of pyridine rings is 1. The van der Waals surface area contributed by atoms with E-state index in [-0.39, 0.29) is 6.61 Å². The molecule has 0 bridgehead atoms. The molecule has 2 heterocycles. The molecule has 0 spiro atoms. The van der Waals surface area contributed by atoms with Crippen molar-refractivity contribution >= 4 is 5.82 Å². The fraction of sp³-hybridized carbons (Fsp3) is 0.688. The highest BCUT2D eigenvalue weighted by molar-refractivity contribution is 5.48. The van der Waals surface area contributed by atoms with Crippen LogP contribution in [0.5, 0.6) is 0 Å². The Balaban J connectivity index is 2.06. The van der Waals surface area contributed by atoms with Gasteiger partial charge in [0.05, 0.1) is 0 Å². The van der Waals surface area contributed by atoms with Crippen LogP contribution in [0.2, 0.25) is 0 Å². The van der Waals surface area contributed by atoms with Crippen molar-refractivity contribution in [3.63, 3.8) is 0 Å². The van der Waals surface area contributed by atoms with E-state index in [1.54, 1.807) is 0 Å². The lowest BCUT2D eigenvalue weighted by atomic mass is 10.1. The van der Waals surface area contributed by atoms with Crippen LogP contribution in [0.3, 0.4) is 0 Å². The van der Waals surface area contributed by atoms with Gasteiger partial charge >= 0.3 is 0 Å². The van der Waals surface area contributed by atoms with Crippen LogP contribution in [-0.2, 0) is 6.54 Å². The van der Waals surface area contributed by atoms with Crippen molar-refractivity contribution < 1.29 is 5.11 Å². The summed E-state index contributed by atoms with van der Waals surface area (Å²) in [7, 11) is 0. The molecule has 0 aliphatic carbocycles. The van der Waals surface area contributed by atoms with Crippen molar-refractivity contribution in [2.75, 3.05) is 24.6 Å². The topological polar surface area (TPSA) is 48.4 Å². The number of rotatable bonds is 8. The van der Waals surface area contributed by atoms with E-state index in [2.05, 4.69) is 28.2 Å². The Kier molecular flexibility index (Phi) is 6.27. The zero-order chi connectivity index (χ0) is 14.2. The third kappa shape index (κ3) is 3.93. The Morgan fingerprint density at radius 2 is 2.40 bits per heavy atom. The molecule has 20 heavy (non-hydrogen) atoms. The van der Waals surface area contributed by atoms with E-state index in [0.29, 0.717) is 6.04 Å². The highest BCUT2D eigenvalue weighted by Crippen LogP contribution is 2.28. The van der Waals surface area contributed by atoms with Gasteiger partial charge in [-0.3, -0.25) is 0 Å². The highest BCUT2D eigenvalue weighted by Gasteiger charge is 2.26. The number of hydrogen-bond acceptors (Lipinski definition) is 4. The van der Waals surface area contributed by atoms with E-state index in [1.807, 2.05) is 12.3 Å². The number of nitrogens with zero attached hydrogens (tertiary/aromatic N) is 2. The number of nitrogens with one attached hydrogen (secondary N) is 1. The lowest BCUT2D eigenvalue weighted by molar-refractivity contribution is 0.279. The summed E-state index contributed by atoms with van der Waals surface area (Å²) in [6.07, 6.45) is 7.44. The van der Waals surface area contributed by atoms with Gasteiger partial charge in [-0.2, -0.15) is 0 Å². The average molecular weight is 277 g/mol. The predicted molar refractivity (Wildman–Crippen MR) is 82.9 cm³/mol. The number of hydrogen-bond donors (Lipinski definition) is 2. The standard InChI is InChI=1S/C16H27N3O/c1-2-9-17-13-14-6-3-10-18-16(14)19-11-4-7-15(19)8-5-12-20/h3,6,10,15,17,20H,2,4-5,7-9,11-13H2,1H3. The van der Waals surface area contributed by atoms with Crippen molar-refractivity contribution in [3.05, 3.63) is 23.9 Å². The Morgan fingerprint density at radius 1 is 1.50 bits per heavy atom. The zero-order valence-electron chi connectivity index (χ0n) is 12.5. The molecule has 2 N–H and O–H groups in total. The summed E-state index contributed by atoms with van der Waals surface area (Å²) in [5.74, 6) is 1.14.